The number of rotatable bonds is 7. The monoisotopic (exact) mass is 348 g/mol. The molecule has 0 saturated heterocycles. The number of amides is 2. The van der Waals surface area contributed by atoms with Gasteiger partial charge in [0, 0.05) is 5.02 Å². The van der Waals surface area contributed by atoms with Crippen molar-refractivity contribution in [2.45, 2.75) is 26.5 Å². The summed E-state index contributed by atoms with van der Waals surface area (Å²) in [5.74, 6) is -0.795. The van der Waals surface area contributed by atoms with Crippen LogP contribution in [-0.2, 0) is 9.68 Å². The maximum absolute atomic E-state index is 11.9. The minimum Gasteiger partial charge on any atom is -0.343 e. The van der Waals surface area contributed by atoms with Crippen LogP contribution in [0.25, 0.3) is 0 Å². The second-order valence-corrected chi connectivity index (χ2v) is 5.94. The van der Waals surface area contributed by atoms with Gasteiger partial charge in [-0.1, -0.05) is 37.0 Å². The molecule has 2 amide bonds. The third-order valence-corrected chi connectivity index (χ3v) is 3.28. The number of benzene rings is 1. The Bertz CT molecular complexity index is 538. The van der Waals surface area contributed by atoms with E-state index in [2.05, 4.69) is 15.5 Å². The van der Waals surface area contributed by atoms with Crippen molar-refractivity contribution in [3.63, 3.8) is 0 Å². The number of hydrogen-bond acceptors (Lipinski definition) is 4. The summed E-state index contributed by atoms with van der Waals surface area (Å²) < 4.78 is 0. The van der Waals surface area contributed by atoms with E-state index in [-0.39, 0.29) is 23.0 Å². The molecule has 1 atom stereocenters. The highest BCUT2D eigenvalue weighted by molar-refractivity contribution is 6.35. The molecule has 0 bridgehead atoms. The molecule has 122 valence electrons. The fourth-order valence-electron chi connectivity index (χ4n) is 1.71. The summed E-state index contributed by atoms with van der Waals surface area (Å²) in [5, 5.41) is 14.2. The molecule has 0 aliphatic carbocycles. The van der Waals surface area contributed by atoms with Gasteiger partial charge in [0.15, 0.2) is 6.23 Å². The predicted octanol–water partition coefficient (Wildman–Crippen LogP) is 2.70. The standard InChI is InChI=1S/C14H18Cl2N2O4/c1-8(2)5-13(22-21)18-12(19)7-17-14(20)10-6-9(15)3-4-11(10)16/h3-4,6,8,13,21H,5,7H2,1-2H3,(H,17,20)(H,18,19)/t13-/m0/s1. The molecule has 0 unspecified atom stereocenters. The van der Waals surface area contributed by atoms with Gasteiger partial charge < -0.3 is 10.6 Å². The van der Waals surface area contributed by atoms with Gasteiger partial charge >= 0.3 is 0 Å². The number of hydrogen-bond donors (Lipinski definition) is 3. The molecule has 1 aromatic carbocycles. The van der Waals surface area contributed by atoms with E-state index in [9.17, 15) is 9.59 Å². The minimum atomic E-state index is -0.820. The van der Waals surface area contributed by atoms with Crippen LogP contribution in [0.4, 0.5) is 0 Å². The summed E-state index contributed by atoms with van der Waals surface area (Å²) in [6.07, 6.45) is -0.379. The fraction of sp³-hybridized carbons (Fsp3) is 0.429. The third-order valence-electron chi connectivity index (χ3n) is 2.72. The zero-order valence-corrected chi connectivity index (χ0v) is 13.7. The molecule has 0 saturated carbocycles. The molecule has 0 heterocycles. The average Bonchev–Trinajstić information content (AvgIpc) is 2.46. The Kier molecular flexibility index (Phi) is 7.61. The van der Waals surface area contributed by atoms with Crippen molar-refractivity contribution in [2.75, 3.05) is 6.54 Å². The van der Waals surface area contributed by atoms with E-state index in [1.807, 2.05) is 13.8 Å². The van der Waals surface area contributed by atoms with Crippen molar-refractivity contribution in [2.24, 2.45) is 5.92 Å². The van der Waals surface area contributed by atoms with Gasteiger partial charge in [-0.2, -0.15) is 0 Å². The topological polar surface area (TPSA) is 87.7 Å². The lowest BCUT2D eigenvalue weighted by Gasteiger charge is -2.17. The minimum absolute atomic E-state index is 0.180. The Labute approximate surface area is 138 Å². The van der Waals surface area contributed by atoms with Crippen molar-refractivity contribution in [1.82, 2.24) is 10.6 Å². The largest absolute Gasteiger partial charge is 0.343 e. The van der Waals surface area contributed by atoms with Crippen molar-refractivity contribution in [1.29, 1.82) is 0 Å². The lowest BCUT2D eigenvalue weighted by atomic mass is 10.1. The van der Waals surface area contributed by atoms with E-state index in [0.717, 1.165) is 0 Å². The van der Waals surface area contributed by atoms with Crippen LogP contribution in [0.2, 0.25) is 10.0 Å². The Morgan fingerprint density at radius 1 is 1.32 bits per heavy atom. The number of halogens is 2. The van der Waals surface area contributed by atoms with Gasteiger partial charge in [0.25, 0.3) is 5.91 Å². The lowest BCUT2D eigenvalue weighted by molar-refractivity contribution is -0.287. The molecule has 0 radical (unpaired) electrons. The normalized spacial score (nSPS) is 12.1. The van der Waals surface area contributed by atoms with Gasteiger partial charge in [0.1, 0.15) is 0 Å². The second kappa shape index (κ2) is 8.95. The lowest BCUT2D eigenvalue weighted by Crippen LogP contribution is -2.43. The predicted molar refractivity (Wildman–Crippen MR) is 83.9 cm³/mol. The van der Waals surface area contributed by atoms with Gasteiger partial charge in [-0.25, -0.2) is 10.1 Å². The molecule has 0 aromatic heterocycles. The van der Waals surface area contributed by atoms with Crippen LogP contribution in [0, 0.1) is 5.92 Å². The van der Waals surface area contributed by atoms with E-state index in [1.165, 1.54) is 12.1 Å². The van der Waals surface area contributed by atoms with Crippen LogP contribution in [0.3, 0.4) is 0 Å². The first-order valence-electron chi connectivity index (χ1n) is 6.66. The smallest absolute Gasteiger partial charge is 0.253 e. The van der Waals surface area contributed by atoms with Crippen LogP contribution >= 0.6 is 23.2 Å². The van der Waals surface area contributed by atoms with Crippen molar-refractivity contribution >= 4 is 35.0 Å². The average molecular weight is 349 g/mol. The van der Waals surface area contributed by atoms with Crippen LogP contribution in [0.5, 0.6) is 0 Å². The Hall–Kier alpha value is -1.34. The highest BCUT2D eigenvalue weighted by Gasteiger charge is 2.16. The number of nitrogens with one attached hydrogen (secondary N) is 2. The first-order valence-corrected chi connectivity index (χ1v) is 7.42. The van der Waals surface area contributed by atoms with Gasteiger partial charge in [-0.3, -0.25) is 9.59 Å². The van der Waals surface area contributed by atoms with Gasteiger partial charge in [0.05, 0.1) is 17.1 Å². The van der Waals surface area contributed by atoms with Crippen LogP contribution in [0.1, 0.15) is 30.6 Å². The summed E-state index contributed by atoms with van der Waals surface area (Å²) in [5.41, 5.74) is 0.180. The van der Waals surface area contributed by atoms with Gasteiger partial charge in [0.2, 0.25) is 5.91 Å². The summed E-state index contributed by atoms with van der Waals surface area (Å²) >= 11 is 11.7. The molecular formula is C14H18Cl2N2O4. The van der Waals surface area contributed by atoms with Crippen LogP contribution < -0.4 is 10.6 Å². The molecule has 8 heteroatoms. The number of carbonyl (C=O) groups is 2. The van der Waals surface area contributed by atoms with E-state index < -0.39 is 18.0 Å². The molecular weight excluding hydrogens is 331 g/mol. The van der Waals surface area contributed by atoms with E-state index >= 15 is 0 Å². The molecule has 0 fully saturated rings. The molecule has 0 aliphatic heterocycles. The highest BCUT2D eigenvalue weighted by atomic mass is 35.5. The van der Waals surface area contributed by atoms with Crippen LogP contribution in [0.15, 0.2) is 18.2 Å². The van der Waals surface area contributed by atoms with E-state index in [1.54, 1.807) is 6.07 Å². The summed E-state index contributed by atoms with van der Waals surface area (Å²) in [6, 6.07) is 4.47. The molecule has 6 nitrogen and oxygen atoms in total. The molecule has 0 aliphatic rings. The van der Waals surface area contributed by atoms with E-state index in [0.29, 0.717) is 11.4 Å². The van der Waals surface area contributed by atoms with Crippen LogP contribution in [-0.4, -0.2) is 29.8 Å². The molecule has 0 spiro atoms. The molecule has 1 aromatic rings. The second-order valence-electron chi connectivity index (χ2n) is 5.10. The van der Waals surface area contributed by atoms with E-state index in [4.69, 9.17) is 28.5 Å². The zero-order valence-electron chi connectivity index (χ0n) is 12.2. The third kappa shape index (κ3) is 6.19. The quantitative estimate of drug-likeness (QED) is 0.401. The number of carbonyl (C=O) groups excluding carboxylic acids is 2. The van der Waals surface area contributed by atoms with Gasteiger partial charge in [-0.05, 0) is 30.5 Å². The summed E-state index contributed by atoms with van der Waals surface area (Å²) in [6.45, 7) is 3.56. The Balaban J connectivity index is 2.53. The first-order chi connectivity index (χ1) is 10.3. The fourth-order valence-corrected chi connectivity index (χ4v) is 2.09. The highest BCUT2D eigenvalue weighted by Crippen LogP contribution is 2.20. The molecule has 3 N–H and O–H groups in total. The maximum Gasteiger partial charge on any atom is 0.253 e. The Morgan fingerprint density at radius 3 is 2.59 bits per heavy atom. The van der Waals surface area contributed by atoms with Crippen molar-refractivity contribution in [3.8, 4) is 0 Å². The first kappa shape index (κ1) is 18.7. The Morgan fingerprint density at radius 2 is 2.00 bits per heavy atom. The van der Waals surface area contributed by atoms with Gasteiger partial charge in [-0.15, -0.1) is 0 Å². The summed E-state index contributed by atoms with van der Waals surface area (Å²) in [4.78, 5) is 27.8. The molecule has 1 rings (SSSR count). The zero-order chi connectivity index (χ0) is 16.7. The summed E-state index contributed by atoms with van der Waals surface area (Å²) in [7, 11) is 0. The van der Waals surface area contributed by atoms with Crippen molar-refractivity contribution in [3.05, 3.63) is 33.8 Å². The van der Waals surface area contributed by atoms with Crippen molar-refractivity contribution < 1.29 is 19.7 Å². The maximum atomic E-state index is 11.9. The SMILES string of the molecule is CC(C)C[C@@H](NC(=O)CNC(=O)c1cc(Cl)ccc1Cl)OO. The molecule has 22 heavy (non-hydrogen) atoms.